The first-order chi connectivity index (χ1) is 14.2. The number of amides is 1. The van der Waals surface area contributed by atoms with E-state index < -0.39 is 0 Å². The quantitative estimate of drug-likeness (QED) is 0.567. The number of ether oxygens (including phenoxy) is 3. The van der Waals surface area contributed by atoms with Crippen LogP contribution in [0.25, 0.3) is 5.65 Å². The van der Waals surface area contributed by atoms with Gasteiger partial charge in [-0.25, -0.2) is 4.98 Å². The van der Waals surface area contributed by atoms with Crippen molar-refractivity contribution in [3.05, 3.63) is 54.0 Å². The molecule has 0 saturated heterocycles. The van der Waals surface area contributed by atoms with Gasteiger partial charge in [0.25, 0.3) is 5.91 Å². The van der Waals surface area contributed by atoms with Crippen molar-refractivity contribution < 1.29 is 19.0 Å². The Morgan fingerprint density at radius 3 is 2.34 bits per heavy atom. The maximum absolute atomic E-state index is 12.7. The van der Waals surface area contributed by atoms with Crippen molar-refractivity contribution in [2.45, 2.75) is 27.2 Å². The molecule has 0 spiro atoms. The molecular formula is C22H27N3O4. The molecule has 0 aliphatic heterocycles. The molecule has 29 heavy (non-hydrogen) atoms. The molecule has 7 heteroatoms. The minimum Gasteiger partial charge on any atom is -0.490 e. The number of hydrogen-bond donors (Lipinski definition) is 1. The van der Waals surface area contributed by atoms with Crippen LogP contribution in [0.1, 0.15) is 36.8 Å². The first-order valence-electron chi connectivity index (χ1n) is 9.93. The van der Waals surface area contributed by atoms with Crippen LogP contribution in [0.3, 0.4) is 0 Å². The maximum Gasteiger partial charge on any atom is 0.251 e. The van der Waals surface area contributed by atoms with Gasteiger partial charge in [0.2, 0.25) is 5.75 Å². The van der Waals surface area contributed by atoms with Crippen LogP contribution in [0.2, 0.25) is 0 Å². The minimum atomic E-state index is -0.196. The number of benzene rings is 1. The van der Waals surface area contributed by atoms with Crippen LogP contribution >= 0.6 is 0 Å². The number of nitrogens with zero attached hydrogens (tertiary/aromatic N) is 2. The highest BCUT2D eigenvalue weighted by atomic mass is 16.5. The zero-order valence-electron chi connectivity index (χ0n) is 17.1. The van der Waals surface area contributed by atoms with Crippen molar-refractivity contribution in [3.8, 4) is 17.2 Å². The van der Waals surface area contributed by atoms with Gasteiger partial charge in [-0.1, -0.05) is 6.07 Å². The largest absolute Gasteiger partial charge is 0.490 e. The molecule has 0 unspecified atom stereocenters. The highest BCUT2D eigenvalue weighted by molar-refractivity contribution is 5.95. The van der Waals surface area contributed by atoms with E-state index in [0.717, 1.165) is 11.3 Å². The highest BCUT2D eigenvalue weighted by Crippen LogP contribution is 2.39. The summed E-state index contributed by atoms with van der Waals surface area (Å²) < 4.78 is 19.0. The van der Waals surface area contributed by atoms with Crippen molar-refractivity contribution in [1.82, 2.24) is 14.7 Å². The Morgan fingerprint density at radius 1 is 1.03 bits per heavy atom. The number of fused-ring (bicyclic) bond motifs is 1. The number of carbonyl (C=O) groups is 1. The lowest BCUT2D eigenvalue weighted by atomic mass is 10.1. The topological polar surface area (TPSA) is 74.1 Å². The lowest BCUT2D eigenvalue weighted by Crippen LogP contribution is -2.26. The van der Waals surface area contributed by atoms with Gasteiger partial charge in [0, 0.05) is 30.9 Å². The van der Waals surface area contributed by atoms with Crippen LogP contribution in [0.15, 0.2) is 42.7 Å². The normalized spacial score (nSPS) is 10.7. The number of imidazole rings is 1. The second-order valence-corrected chi connectivity index (χ2v) is 6.30. The Kier molecular flexibility index (Phi) is 6.94. The van der Waals surface area contributed by atoms with E-state index in [1.807, 2.05) is 55.8 Å². The third-order valence-corrected chi connectivity index (χ3v) is 4.25. The van der Waals surface area contributed by atoms with Gasteiger partial charge < -0.3 is 23.9 Å². The number of hydrogen-bond acceptors (Lipinski definition) is 5. The van der Waals surface area contributed by atoms with Gasteiger partial charge in [0.05, 0.1) is 25.5 Å². The van der Waals surface area contributed by atoms with Crippen molar-refractivity contribution in [1.29, 1.82) is 0 Å². The zero-order chi connectivity index (χ0) is 20.6. The van der Waals surface area contributed by atoms with Gasteiger partial charge in [-0.05, 0) is 45.0 Å². The molecule has 0 aliphatic rings. The third kappa shape index (κ3) is 4.99. The fourth-order valence-electron chi connectivity index (χ4n) is 3.03. The van der Waals surface area contributed by atoms with Crippen LogP contribution < -0.4 is 19.5 Å². The monoisotopic (exact) mass is 397 g/mol. The molecule has 1 amide bonds. The molecule has 3 rings (SSSR count). The fraction of sp³-hybridized carbons (Fsp3) is 0.364. The molecule has 3 aromatic rings. The number of rotatable bonds is 10. The maximum atomic E-state index is 12.7. The summed E-state index contributed by atoms with van der Waals surface area (Å²) in [6, 6.07) is 9.24. The van der Waals surface area contributed by atoms with Crippen molar-refractivity contribution >= 4 is 11.6 Å². The van der Waals surface area contributed by atoms with Crippen LogP contribution in [0, 0.1) is 0 Å². The summed E-state index contributed by atoms with van der Waals surface area (Å²) >= 11 is 0. The molecule has 0 radical (unpaired) electrons. The van der Waals surface area contributed by atoms with E-state index in [2.05, 4.69) is 10.3 Å². The van der Waals surface area contributed by atoms with Crippen LogP contribution in [-0.2, 0) is 6.42 Å². The summed E-state index contributed by atoms with van der Waals surface area (Å²) in [5.41, 5.74) is 2.28. The van der Waals surface area contributed by atoms with Gasteiger partial charge in [0.15, 0.2) is 11.5 Å². The van der Waals surface area contributed by atoms with Crippen molar-refractivity contribution in [2.75, 3.05) is 26.4 Å². The second-order valence-electron chi connectivity index (χ2n) is 6.30. The van der Waals surface area contributed by atoms with Gasteiger partial charge in [-0.3, -0.25) is 4.79 Å². The average molecular weight is 397 g/mol. The van der Waals surface area contributed by atoms with E-state index in [9.17, 15) is 4.79 Å². The molecule has 154 valence electrons. The van der Waals surface area contributed by atoms with E-state index in [1.54, 1.807) is 12.1 Å². The van der Waals surface area contributed by atoms with Crippen LogP contribution in [-0.4, -0.2) is 41.7 Å². The van der Waals surface area contributed by atoms with Crippen molar-refractivity contribution in [3.63, 3.8) is 0 Å². The van der Waals surface area contributed by atoms with Crippen LogP contribution in [0.4, 0.5) is 0 Å². The first-order valence-corrected chi connectivity index (χ1v) is 9.93. The average Bonchev–Trinajstić information content (AvgIpc) is 3.13. The van der Waals surface area contributed by atoms with E-state index in [1.165, 1.54) is 0 Å². The van der Waals surface area contributed by atoms with Gasteiger partial charge in [0.1, 0.15) is 5.65 Å². The predicted molar refractivity (Wildman–Crippen MR) is 111 cm³/mol. The molecule has 2 heterocycles. The van der Waals surface area contributed by atoms with E-state index in [0.29, 0.717) is 55.6 Å². The molecule has 2 aromatic heterocycles. The summed E-state index contributed by atoms with van der Waals surface area (Å²) in [6.07, 6.45) is 4.56. The molecule has 1 aromatic carbocycles. The van der Waals surface area contributed by atoms with Crippen molar-refractivity contribution in [2.24, 2.45) is 0 Å². The Bertz CT molecular complexity index is 908. The van der Waals surface area contributed by atoms with E-state index in [-0.39, 0.29) is 5.91 Å². The summed E-state index contributed by atoms with van der Waals surface area (Å²) in [4.78, 5) is 17.2. The lowest BCUT2D eigenvalue weighted by Gasteiger charge is -2.17. The summed E-state index contributed by atoms with van der Waals surface area (Å²) in [6.45, 7) is 7.55. The van der Waals surface area contributed by atoms with E-state index in [4.69, 9.17) is 14.2 Å². The summed E-state index contributed by atoms with van der Waals surface area (Å²) in [5, 5.41) is 2.94. The number of aromatic nitrogens is 2. The number of carbonyl (C=O) groups excluding carboxylic acids is 1. The number of nitrogens with one attached hydrogen (secondary N) is 1. The molecular weight excluding hydrogens is 370 g/mol. The highest BCUT2D eigenvalue weighted by Gasteiger charge is 2.18. The van der Waals surface area contributed by atoms with Gasteiger partial charge in [-0.15, -0.1) is 0 Å². The Morgan fingerprint density at radius 2 is 1.72 bits per heavy atom. The standard InChI is InChI=1S/C22H27N3O4/c1-4-27-18-13-16(14-19(28-5-2)21(18)29-6-3)22(26)23-11-10-17-15-25-12-8-7-9-20(25)24-17/h7-9,12-15H,4-6,10-11H2,1-3H3,(H,23,26). The lowest BCUT2D eigenvalue weighted by molar-refractivity contribution is 0.0953. The molecule has 0 saturated carbocycles. The minimum absolute atomic E-state index is 0.196. The zero-order valence-corrected chi connectivity index (χ0v) is 17.1. The first kappa shape index (κ1) is 20.5. The smallest absolute Gasteiger partial charge is 0.251 e. The number of pyridine rings is 1. The van der Waals surface area contributed by atoms with Gasteiger partial charge in [-0.2, -0.15) is 0 Å². The molecule has 1 N–H and O–H groups in total. The SMILES string of the molecule is CCOc1cc(C(=O)NCCc2cn3ccccc3n2)cc(OCC)c1OCC. The second kappa shape index (κ2) is 9.82. The van der Waals surface area contributed by atoms with Gasteiger partial charge >= 0.3 is 0 Å². The Labute approximate surface area is 170 Å². The van der Waals surface area contributed by atoms with E-state index >= 15 is 0 Å². The molecule has 0 fully saturated rings. The van der Waals surface area contributed by atoms with Crippen LogP contribution in [0.5, 0.6) is 17.2 Å². The third-order valence-electron chi connectivity index (χ3n) is 4.25. The Balaban J connectivity index is 1.71. The molecule has 0 atom stereocenters. The fourth-order valence-corrected chi connectivity index (χ4v) is 3.03. The Hall–Kier alpha value is -3.22. The summed E-state index contributed by atoms with van der Waals surface area (Å²) in [5.74, 6) is 1.34. The molecule has 0 aliphatic carbocycles. The predicted octanol–water partition coefficient (Wildman–Crippen LogP) is 3.50. The molecule has 0 bridgehead atoms. The molecule has 7 nitrogen and oxygen atoms in total. The summed E-state index contributed by atoms with van der Waals surface area (Å²) in [7, 11) is 0.